The third-order valence-electron chi connectivity index (χ3n) is 3.54. The summed E-state index contributed by atoms with van der Waals surface area (Å²) in [4.78, 5) is 25.4. The smallest absolute Gasteiger partial charge is 0.321 e. The zero-order chi connectivity index (χ0) is 15.2. The normalized spacial score (nSPS) is 24.4. The number of hydrogen-bond acceptors (Lipinski definition) is 5. The first-order valence-electron chi connectivity index (χ1n) is 6.90. The number of carbonyl (C=O) groups is 2. The Balaban J connectivity index is 2.29. The number of carbonyl (C=O) groups excluding carboxylic acids is 2. The van der Waals surface area contributed by atoms with Crippen molar-refractivity contribution in [2.45, 2.75) is 26.3 Å². The first-order chi connectivity index (χ1) is 9.38. The SMILES string of the molecule is COCC(C)NC(=O)NC(=O)CN1CCC(C)(CN)C1. The molecule has 1 saturated heterocycles. The van der Waals surface area contributed by atoms with Crippen molar-refractivity contribution in [1.29, 1.82) is 0 Å². The van der Waals surface area contributed by atoms with Crippen molar-refractivity contribution in [3.05, 3.63) is 0 Å². The van der Waals surface area contributed by atoms with Gasteiger partial charge in [-0.3, -0.25) is 15.0 Å². The number of nitrogens with two attached hydrogens (primary N) is 1. The molecule has 0 spiro atoms. The number of methoxy groups -OCH3 is 1. The van der Waals surface area contributed by atoms with Gasteiger partial charge >= 0.3 is 6.03 Å². The first-order valence-corrected chi connectivity index (χ1v) is 6.90. The van der Waals surface area contributed by atoms with E-state index in [0.717, 1.165) is 19.5 Å². The molecule has 0 bridgehead atoms. The monoisotopic (exact) mass is 286 g/mol. The molecule has 4 N–H and O–H groups in total. The molecule has 1 aliphatic rings. The van der Waals surface area contributed by atoms with Crippen LogP contribution in [0, 0.1) is 5.41 Å². The highest BCUT2D eigenvalue weighted by atomic mass is 16.5. The van der Waals surface area contributed by atoms with Crippen molar-refractivity contribution >= 4 is 11.9 Å². The van der Waals surface area contributed by atoms with E-state index in [1.807, 2.05) is 4.90 Å². The third-order valence-corrected chi connectivity index (χ3v) is 3.54. The molecular weight excluding hydrogens is 260 g/mol. The molecular formula is C13H26N4O3. The summed E-state index contributed by atoms with van der Waals surface area (Å²) in [5, 5.41) is 4.95. The van der Waals surface area contributed by atoms with Crippen LogP contribution >= 0.6 is 0 Å². The maximum Gasteiger partial charge on any atom is 0.321 e. The predicted molar refractivity (Wildman–Crippen MR) is 76.2 cm³/mol. The van der Waals surface area contributed by atoms with Crippen molar-refractivity contribution < 1.29 is 14.3 Å². The molecule has 0 radical (unpaired) electrons. The van der Waals surface area contributed by atoms with Crippen molar-refractivity contribution in [2.75, 3.05) is 39.9 Å². The summed E-state index contributed by atoms with van der Waals surface area (Å²) in [6.07, 6.45) is 0.980. The van der Waals surface area contributed by atoms with Crippen LogP contribution in [0.1, 0.15) is 20.3 Å². The van der Waals surface area contributed by atoms with E-state index < -0.39 is 6.03 Å². The lowest BCUT2D eigenvalue weighted by Crippen LogP contribution is -2.47. The van der Waals surface area contributed by atoms with E-state index in [0.29, 0.717) is 13.2 Å². The fourth-order valence-corrected chi connectivity index (χ4v) is 2.35. The Hall–Kier alpha value is -1.18. The van der Waals surface area contributed by atoms with Gasteiger partial charge in [-0.15, -0.1) is 0 Å². The number of nitrogens with zero attached hydrogens (tertiary/aromatic N) is 1. The summed E-state index contributed by atoms with van der Waals surface area (Å²) in [5.41, 5.74) is 5.80. The minimum atomic E-state index is -0.486. The quantitative estimate of drug-likeness (QED) is 0.613. The molecule has 7 nitrogen and oxygen atoms in total. The van der Waals surface area contributed by atoms with Crippen LogP contribution in [-0.4, -0.2) is 62.8 Å². The average Bonchev–Trinajstić information content (AvgIpc) is 2.71. The molecule has 3 amide bonds. The van der Waals surface area contributed by atoms with E-state index in [1.54, 1.807) is 14.0 Å². The van der Waals surface area contributed by atoms with Crippen molar-refractivity contribution in [3.63, 3.8) is 0 Å². The fourth-order valence-electron chi connectivity index (χ4n) is 2.35. The lowest BCUT2D eigenvalue weighted by atomic mass is 9.90. The van der Waals surface area contributed by atoms with E-state index in [2.05, 4.69) is 17.6 Å². The van der Waals surface area contributed by atoms with Gasteiger partial charge in [-0.25, -0.2) is 4.79 Å². The number of imide groups is 1. The Morgan fingerprint density at radius 1 is 1.50 bits per heavy atom. The summed E-state index contributed by atoms with van der Waals surface area (Å²) in [6.45, 7) is 6.79. The molecule has 0 aromatic rings. The highest BCUT2D eigenvalue weighted by molar-refractivity contribution is 5.95. The summed E-state index contributed by atoms with van der Waals surface area (Å²) >= 11 is 0. The highest BCUT2D eigenvalue weighted by Crippen LogP contribution is 2.27. The summed E-state index contributed by atoms with van der Waals surface area (Å²) in [6, 6.07) is -0.625. The molecule has 0 aromatic carbocycles. The number of hydrogen-bond donors (Lipinski definition) is 3. The lowest BCUT2D eigenvalue weighted by Gasteiger charge is -2.22. The maximum atomic E-state index is 11.8. The Morgan fingerprint density at radius 3 is 2.75 bits per heavy atom. The molecule has 2 unspecified atom stereocenters. The van der Waals surface area contributed by atoms with Gasteiger partial charge in [0.25, 0.3) is 0 Å². The number of urea groups is 1. The van der Waals surface area contributed by atoms with E-state index in [4.69, 9.17) is 10.5 Å². The summed E-state index contributed by atoms with van der Waals surface area (Å²) in [5.74, 6) is -0.298. The van der Waals surface area contributed by atoms with Crippen LogP contribution in [0.5, 0.6) is 0 Å². The van der Waals surface area contributed by atoms with Gasteiger partial charge in [-0.1, -0.05) is 6.92 Å². The van der Waals surface area contributed by atoms with Gasteiger partial charge in [0.2, 0.25) is 5.91 Å². The van der Waals surface area contributed by atoms with Gasteiger partial charge in [0.15, 0.2) is 0 Å². The third kappa shape index (κ3) is 5.44. The van der Waals surface area contributed by atoms with Crippen LogP contribution in [-0.2, 0) is 9.53 Å². The Labute approximate surface area is 120 Å². The lowest BCUT2D eigenvalue weighted by molar-refractivity contribution is -0.121. The average molecular weight is 286 g/mol. The molecule has 0 aromatic heterocycles. The molecule has 0 aliphatic carbocycles. The molecule has 7 heteroatoms. The second-order valence-corrected chi connectivity index (χ2v) is 5.85. The van der Waals surface area contributed by atoms with E-state index in [-0.39, 0.29) is 23.9 Å². The van der Waals surface area contributed by atoms with Gasteiger partial charge in [0.1, 0.15) is 0 Å². The molecule has 20 heavy (non-hydrogen) atoms. The number of ether oxygens (including phenoxy) is 1. The second kappa shape index (κ2) is 7.56. The van der Waals surface area contributed by atoms with Crippen molar-refractivity contribution in [3.8, 4) is 0 Å². The summed E-state index contributed by atoms with van der Waals surface area (Å²) < 4.78 is 4.90. The van der Waals surface area contributed by atoms with E-state index in [9.17, 15) is 9.59 Å². The van der Waals surface area contributed by atoms with Crippen LogP contribution in [0.25, 0.3) is 0 Å². The topological polar surface area (TPSA) is 96.7 Å². The van der Waals surface area contributed by atoms with Crippen LogP contribution in [0.15, 0.2) is 0 Å². The van der Waals surface area contributed by atoms with E-state index in [1.165, 1.54) is 0 Å². The molecule has 2 atom stereocenters. The zero-order valence-corrected chi connectivity index (χ0v) is 12.6. The van der Waals surface area contributed by atoms with Crippen molar-refractivity contribution in [1.82, 2.24) is 15.5 Å². The van der Waals surface area contributed by atoms with Crippen molar-refractivity contribution in [2.24, 2.45) is 11.1 Å². The predicted octanol–water partition coefficient (Wildman–Crippen LogP) is -0.482. The minimum Gasteiger partial charge on any atom is -0.383 e. The van der Waals surface area contributed by atoms with Gasteiger partial charge < -0.3 is 15.8 Å². The Bertz CT molecular complexity index is 351. The number of rotatable bonds is 6. The van der Waals surface area contributed by atoms with Crippen LogP contribution < -0.4 is 16.4 Å². The Kier molecular flexibility index (Phi) is 6.38. The summed E-state index contributed by atoms with van der Waals surface area (Å²) in [7, 11) is 1.56. The van der Waals surface area contributed by atoms with Gasteiger partial charge in [-0.05, 0) is 31.8 Å². The van der Waals surface area contributed by atoms with E-state index >= 15 is 0 Å². The molecule has 1 rings (SSSR count). The fraction of sp³-hybridized carbons (Fsp3) is 0.846. The Morgan fingerprint density at radius 2 is 2.20 bits per heavy atom. The van der Waals surface area contributed by atoms with Gasteiger partial charge in [-0.2, -0.15) is 0 Å². The van der Waals surface area contributed by atoms with Crippen LogP contribution in [0.3, 0.4) is 0 Å². The number of likely N-dealkylation sites (tertiary alicyclic amines) is 1. The number of nitrogens with one attached hydrogen (secondary N) is 2. The highest BCUT2D eigenvalue weighted by Gasteiger charge is 2.33. The van der Waals surface area contributed by atoms with Gasteiger partial charge in [0, 0.05) is 13.7 Å². The number of amides is 3. The van der Waals surface area contributed by atoms with Crippen LogP contribution in [0.2, 0.25) is 0 Å². The minimum absolute atomic E-state index is 0.0789. The zero-order valence-electron chi connectivity index (χ0n) is 12.6. The van der Waals surface area contributed by atoms with Crippen LogP contribution in [0.4, 0.5) is 4.79 Å². The maximum absolute atomic E-state index is 11.8. The molecule has 116 valence electrons. The molecule has 0 saturated carbocycles. The molecule has 1 aliphatic heterocycles. The molecule has 1 heterocycles. The first kappa shape index (κ1) is 16.9. The van der Waals surface area contributed by atoms with Gasteiger partial charge in [0.05, 0.1) is 19.2 Å². The standard InChI is InChI=1S/C13H26N4O3/c1-10(7-20-3)15-12(19)16-11(18)6-17-5-4-13(2,8-14)9-17/h10H,4-9,14H2,1-3H3,(H2,15,16,18,19). The molecule has 1 fully saturated rings. The largest absolute Gasteiger partial charge is 0.383 e. The second-order valence-electron chi connectivity index (χ2n) is 5.85.